The van der Waals surface area contributed by atoms with Crippen LogP contribution in [0.25, 0.3) is 0 Å². The van der Waals surface area contributed by atoms with Crippen molar-refractivity contribution in [3.05, 3.63) is 65.1 Å². The summed E-state index contributed by atoms with van der Waals surface area (Å²) in [6.07, 6.45) is -5.03. The van der Waals surface area contributed by atoms with Gasteiger partial charge in [-0.3, -0.25) is 29.9 Å². The maximum Gasteiger partial charge on any atom is 0.416 e. The van der Waals surface area contributed by atoms with Crippen LogP contribution in [0.5, 0.6) is 0 Å². The van der Waals surface area contributed by atoms with E-state index in [1.54, 1.807) is 0 Å². The highest BCUT2D eigenvalue weighted by Crippen LogP contribution is 2.47. The van der Waals surface area contributed by atoms with Gasteiger partial charge in [0.2, 0.25) is 12.1 Å². The lowest BCUT2D eigenvalue weighted by Crippen LogP contribution is -2.19. The maximum atomic E-state index is 13.0. The van der Waals surface area contributed by atoms with Crippen LogP contribution in [0.4, 0.5) is 35.9 Å². The zero-order valence-corrected chi connectivity index (χ0v) is 15.9. The van der Waals surface area contributed by atoms with E-state index in [4.69, 9.17) is 0 Å². The first kappa shape index (κ1) is 20.8. The molecule has 0 aromatic heterocycles. The van der Waals surface area contributed by atoms with Gasteiger partial charge in [0.1, 0.15) is 0 Å². The molecule has 0 atom stereocenters. The van der Waals surface area contributed by atoms with E-state index >= 15 is 0 Å². The lowest BCUT2D eigenvalue weighted by Gasteiger charge is -2.21. The normalized spacial score (nSPS) is 11.1. The molecule has 13 heteroatoms. The summed E-state index contributed by atoms with van der Waals surface area (Å²) in [5.74, 6) is 0. The Morgan fingerprint density at radius 1 is 0.963 bits per heavy atom. The fraction of sp³-hybridized carbons (Fsp3) is 0.0714. The van der Waals surface area contributed by atoms with Gasteiger partial charge in [-0.1, -0.05) is 6.07 Å². The van der Waals surface area contributed by atoms with Crippen molar-refractivity contribution in [3.8, 4) is 0 Å². The Kier molecular flexibility index (Phi) is 5.85. The molecule has 8 nitrogen and oxygen atoms in total. The summed E-state index contributed by atoms with van der Waals surface area (Å²) in [4.78, 5) is 32.4. The molecule has 0 bridgehead atoms. The number of carbonyl (C=O) groups is 1. The van der Waals surface area contributed by atoms with Crippen molar-refractivity contribution in [2.45, 2.75) is 6.18 Å². The first-order valence-corrected chi connectivity index (χ1v) is 8.30. The highest BCUT2D eigenvalue weighted by Gasteiger charge is 2.40. The van der Waals surface area contributed by atoms with Crippen LogP contribution in [0, 0.1) is 20.2 Å². The molecule has 0 N–H and O–H groups in total. The smallest absolute Gasteiger partial charge is 0.278 e. The van der Waals surface area contributed by atoms with Crippen LogP contribution in [0.3, 0.4) is 0 Å². The summed E-state index contributed by atoms with van der Waals surface area (Å²) in [7, 11) is 0. The molecule has 0 aliphatic rings. The number of hydrogen-bond acceptors (Lipinski definition) is 5. The van der Waals surface area contributed by atoms with Crippen LogP contribution < -0.4 is 4.90 Å². The molecule has 0 fully saturated rings. The molecular formula is C14H6Br2F3N3O5. The first-order chi connectivity index (χ1) is 12.5. The van der Waals surface area contributed by atoms with E-state index in [1.165, 1.54) is 18.2 Å². The highest BCUT2D eigenvalue weighted by atomic mass is 79.9. The number of anilines is 2. The molecule has 0 aliphatic heterocycles. The molecule has 2 rings (SSSR count). The van der Waals surface area contributed by atoms with Crippen LogP contribution in [-0.2, 0) is 11.0 Å². The van der Waals surface area contributed by atoms with Crippen LogP contribution in [0.2, 0.25) is 0 Å². The minimum atomic E-state index is -5.06. The molecule has 0 radical (unpaired) electrons. The maximum absolute atomic E-state index is 13.0. The second kappa shape index (κ2) is 7.60. The molecule has 1 amide bonds. The van der Waals surface area contributed by atoms with E-state index in [1.807, 2.05) is 0 Å². The topological polar surface area (TPSA) is 107 Å². The molecule has 27 heavy (non-hydrogen) atoms. The summed E-state index contributed by atoms with van der Waals surface area (Å²) >= 11 is 6.21. The summed E-state index contributed by atoms with van der Waals surface area (Å²) in [5, 5.41) is 22.7. The third-order valence-electron chi connectivity index (χ3n) is 3.32. The second-order valence-corrected chi connectivity index (χ2v) is 6.63. The van der Waals surface area contributed by atoms with E-state index in [0.29, 0.717) is 4.90 Å². The van der Waals surface area contributed by atoms with E-state index in [2.05, 4.69) is 31.9 Å². The number of alkyl halides is 3. The predicted octanol–water partition coefficient (Wildman–Crippen LogP) is 5.34. The van der Waals surface area contributed by atoms with Crippen LogP contribution in [0.15, 0.2) is 39.3 Å². The van der Waals surface area contributed by atoms with Gasteiger partial charge < -0.3 is 0 Å². The zero-order chi connectivity index (χ0) is 20.5. The minimum absolute atomic E-state index is 0.0352. The molecule has 0 spiro atoms. The third-order valence-corrected chi connectivity index (χ3v) is 4.59. The van der Waals surface area contributed by atoms with E-state index < -0.39 is 38.6 Å². The lowest BCUT2D eigenvalue weighted by molar-refractivity contribution is -0.392. The number of nitro groups is 2. The SMILES string of the molecule is O=CN(c1c(Br)cccc1Br)c1c([N+](=O)[O-])cc(C(F)(F)F)cc1[N+](=O)[O-]. The van der Waals surface area contributed by atoms with Gasteiger partial charge in [-0.05, 0) is 44.0 Å². The van der Waals surface area contributed by atoms with Gasteiger partial charge in [0.25, 0.3) is 0 Å². The quantitative estimate of drug-likeness (QED) is 0.305. The molecular weight excluding hydrogens is 507 g/mol. The molecule has 0 heterocycles. The Hall–Kier alpha value is -2.54. The fourth-order valence-corrected chi connectivity index (χ4v) is 3.61. The van der Waals surface area contributed by atoms with Gasteiger partial charge in [0.15, 0.2) is 0 Å². The Balaban J connectivity index is 2.94. The second-order valence-electron chi connectivity index (χ2n) is 4.92. The van der Waals surface area contributed by atoms with Gasteiger partial charge in [0, 0.05) is 21.1 Å². The van der Waals surface area contributed by atoms with Crippen molar-refractivity contribution in [3.63, 3.8) is 0 Å². The van der Waals surface area contributed by atoms with Crippen molar-refractivity contribution in [1.82, 2.24) is 0 Å². The van der Waals surface area contributed by atoms with Crippen molar-refractivity contribution < 1.29 is 27.8 Å². The van der Waals surface area contributed by atoms with E-state index in [0.717, 1.165) is 0 Å². The van der Waals surface area contributed by atoms with Crippen molar-refractivity contribution >= 4 is 61.0 Å². The molecule has 0 saturated heterocycles. The average molecular weight is 513 g/mol. The van der Waals surface area contributed by atoms with Gasteiger partial charge in [-0.2, -0.15) is 13.2 Å². The Labute approximate surface area is 165 Å². The van der Waals surface area contributed by atoms with Crippen LogP contribution in [-0.4, -0.2) is 16.3 Å². The third kappa shape index (κ3) is 4.08. The Bertz CT molecular complexity index is 897. The van der Waals surface area contributed by atoms with Crippen molar-refractivity contribution in [2.24, 2.45) is 0 Å². The lowest BCUT2D eigenvalue weighted by atomic mass is 10.1. The minimum Gasteiger partial charge on any atom is -0.278 e. The first-order valence-electron chi connectivity index (χ1n) is 6.71. The highest BCUT2D eigenvalue weighted by molar-refractivity contribution is 9.11. The van der Waals surface area contributed by atoms with E-state index in [-0.39, 0.29) is 33.2 Å². The Morgan fingerprint density at radius 3 is 1.74 bits per heavy atom. The van der Waals surface area contributed by atoms with Gasteiger partial charge in [-0.15, -0.1) is 0 Å². The molecule has 142 valence electrons. The number of amides is 1. The summed E-state index contributed by atoms with van der Waals surface area (Å²) in [6, 6.07) is 4.71. The van der Waals surface area contributed by atoms with Gasteiger partial charge in [-0.25, -0.2) is 0 Å². The van der Waals surface area contributed by atoms with Crippen LogP contribution >= 0.6 is 31.9 Å². The fourth-order valence-electron chi connectivity index (χ4n) is 2.23. The Morgan fingerprint density at radius 2 is 1.41 bits per heavy atom. The van der Waals surface area contributed by atoms with Crippen molar-refractivity contribution in [1.29, 1.82) is 0 Å². The molecule has 0 saturated carbocycles. The number of rotatable bonds is 5. The zero-order valence-electron chi connectivity index (χ0n) is 12.7. The molecule has 2 aromatic rings. The van der Waals surface area contributed by atoms with Crippen molar-refractivity contribution in [2.75, 3.05) is 4.90 Å². The number of nitrogens with zero attached hydrogens (tertiary/aromatic N) is 3. The monoisotopic (exact) mass is 511 g/mol. The van der Waals surface area contributed by atoms with Gasteiger partial charge in [0.05, 0.1) is 21.1 Å². The van der Waals surface area contributed by atoms with Crippen LogP contribution in [0.1, 0.15) is 5.56 Å². The van der Waals surface area contributed by atoms with Gasteiger partial charge >= 0.3 is 17.6 Å². The molecule has 0 aliphatic carbocycles. The molecule has 2 aromatic carbocycles. The summed E-state index contributed by atoms with van der Waals surface area (Å²) in [5.41, 5.74) is -5.03. The summed E-state index contributed by atoms with van der Waals surface area (Å²) in [6.45, 7) is 0. The number of nitro benzene ring substituents is 2. The number of hydrogen-bond donors (Lipinski definition) is 0. The summed E-state index contributed by atoms with van der Waals surface area (Å²) < 4.78 is 39.4. The standard InChI is InChI=1S/C14H6Br2F3N3O5/c15-8-2-1-3-9(16)12(8)20(6-23)13-10(21(24)25)4-7(14(17,18)19)5-11(13)22(26)27/h1-6H. The number of carbonyl (C=O) groups excluding carboxylic acids is 1. The number of para-hydroxylation sites is 1. The average Bonchev–Trinajstić information content (AvgIpc) is 2.56. The number of benzene rings is 2. The predicted molar refractivity (Wildman–Crippen MR) is 94.8 cm³/mol. The largest absolute Gasteiger partial charge is 0.416 e. The molecule has 0 unspecified atom stereocenters. The van der Waals surface area contributed by atoms with E-state index in [9.17, 15) is 38.2 Å². The number of halogens is 5.